The van der Waals surface area contributed by atoms with Crippen molar-refractivity contribution >= 4 is 12.0 Å². The highest BCUT2D eigenvalue weighted by atomic mass is 16.5. The molecule has 0 saturated carbocycles. The van der Waals surface area contributed by atoms with E-state index in [2.05, 4.69) is 5.29 Å². The highest BCUT2D eigenvalue weighted by molar-refractivity contribution is 6.30. The molecule has 14 heavy (non-hydrogen) atoms. The quantitative estimate of drug-likeness (QED) is 0.283. The lowest BCUT2D eigenvalue weighted by molar-refractivity contribution is -0.557. The van der Waals surface area contributed by atoms with Crippen LogP contribution >= 0.6 is 0 Å². The number of rotatable bonds is 2. The Morgan fingerprint density at radius 3 is 2.14 bits per heavy atom. The predicted molar refractivity (Wildman–Crippen MR) is 50.5 cm³/mol. The summed E-state index contributed by atoms with van der Waals surface area (Å²) in [5, 5.41) is 15.5. The predicted octanol–water partition coefficient (Wildman–Crippen LogP) is 0.648. The van der Waals surface area contributed by atoms with Crippen molar-refractivity contribution in [3.63, 3.8) is 0 Å². The van der Waals surface area contributed by atoms with Crippen LogP contribution in [0.1, 0.15) is 27.7 Å². The molecule has 6 heteroatoms. The normalized spacial score (nSPS) is 23.9. The van der Waals surface area contributed by atoms with Gasteiger partial charge < -0.3 is 5.21 Å². The van der Waals surface area contributed by atoms with Crippen LogP contribution in [0.15, 0.2) is 5.29 Å². The summed E-state index contributed by atoms with van der Waals surface area (Å²) < 4.78 is 0.529. The molecule has 1 aliphatic heterocycles. The van der Waals surface area contributed by atoms with Gasteiger partial charge in [0.1, 0.15) is 0 Å². The molecule has 78 valence electrons. The van der Waals surface area contributed by atoms with Crippen LogP contribution in [0.2, 0.25) is 0 Å². The monoisotopic (exact) mass is 199 g/mol. The highest BCUT2D eigenvalue weighted by Crippen LogP contribution is 2.33. The van der Waals surface area contributed by atoms with E-state index in [0.717, 1.165) is 5.01 Å². The summed E-state index contributed by atoms with van der Waals surface area (Å²) in [6.07, 6.45) is 0.472. The molecule has 1 heterocycles. The van der Waals surface area contributed by atoms with Crippen LogP contribution in [0.3, 0.4) is 0 Å². The maximum atomic E-state index is 11.7. The maximum absolute atomic E-state index is 11.7. The summed E-state index contributed by atoms with van der Waals surface area (Å²) in [7, 11) is 0. The average molecular weight is 199 g/mol. The van der Waals surface area contributed by atoms with Gasteiger partial charge in [-0.05, 0) is 13.8 Å². The van der Waals surface area contributed by atoms with Gasteiger partial charge in [0.05, 0.1) is 5.29 Å². The standard InChI is InChI=1S/C8H13N3O3/c1-7(2)6(5-12)10(14)8(3,4)11(7)9-13/h5H,1-4H3. The third-order valence-electron chi connectivity index (χ3n) is 2.58. The molecule has 0 bridgehead atoms. The summed E-state index contributed by atoms with van der Waals surface area (Å²) in [4.78, 5) is 21.4. The third-order valence-corrected chi connectivity index (χ3v) is 2.58. The van der Waals surface area contributed by atoms with Crippen molar-refractivity contribution in [1.29, 1.82) is 0 Å². The van der Waals surface area contributed by atoms with Crippen LogP contribution in [0, 0.1) is 10.1 Å². The Balaban J connectivity index is 3.37. The number of carbonyl (C=O) groups is 1. The number of nitrogens with zero attached hydrogens (tertiary/aromatic N) is 3. The van der Waals surface area contributed by atoms with E-state index in [1.807, 2.05) is 0 Å². The molecule has 0 aromatic heterocycles. The van der Waals surface area contributed by atoms with Crippen molar-refractivity contribution in [3.8, 4) is 0 Å². The topological polar surface area (TPSA) is 75.8 Å². The molecule has 0 unspecified atom stereocenters. The van der Waals surface area contributed by atoms with E-state index in [0.29, 0.717) is 11.0 Å². The smallest absolute Gasteiger partial charge is 0.261 e. The van der Waals surface area contributed by atoms with E-state index < -0.39 is 11.2 Å². The van der Waals surface area contributed by atoms with E-state index in [1.165, 1.54) is 0 Å². The van der Waals surface area contributed by atoms with Crippen LogP contribution in [0.25, 0.3) is 0 Å². The van der Waals surface area contributed by atoms with Gasteiger partial charge in [-0.1, -0.05) is 0 Å². The Morgan fingerprint density at radius 2 is 1.93 bits per heavy atom. The van der Waals surface area contributed by atoms with E-state index in [-0.39, 0.29) is 5.71 Å². The second-order valence-electron chi connectivity index (χ2n) is 4.24. The number of aldehydes is 1. The molecule has 0 spiro atoms. The van der Waals surface area contributed by atoms with Crippen molar-refractivity contribution in [2.45, 2.75) is 38.9 Å². The Bertz CT molecular complexity index is 320. The number of hydroxylamine groups is 1. The minimum Gasteiger partial charge on any atom is -0.622 e. The maximum Gasteiger partial charge on any atom is 0.261 e. The van der Waals surface area contributed by atoms with Gasteiger partial charge in [-0.15, -0.1) is 4.91 Å². The van der Waals surface area contributed by atoms with Crippen LogP contribution < -0.4 is 0 Å². The van der Waals surface area contributed by atoms with Gasteiger partial charge in [-0.25, -0.2) is 0 Å². The van der Waals surface area contributed by atoms with Crippen molar-refractivity contribution < 1.29 is 9.53 Å². The third kappa shape index (κ3) is 1.03. The second kappa shape index (κ2) is 2.76. The first-order chi connectivity index (χ1) is 6.30. The Kier molecular flexibility index (Phi) is 2.10. The van der Waals surface area contributed by atoms with Gasteiger partial charge >= 0.3 is 0 Å². The summed E-state index contributed by atoms with van der Waals surface area (Å²) >= 11 is 0. The molecule has 6 nitrogen and oxygen atoms in total. The van der Waals surface area contributed by atoms with Crippen molar-refractivity contribution in [1.82, 2.24) is 5.01 Å². The fraction of sp³-hybridized carbons (Fsp3) is 0.750. The van der Waals surface area contributed by atoms with Crippen molar-refractivity contribution in [3.05, 3.63) is 10.1 Å². The summed E-state index contributed by atoms with van der Waals surface area (Å²) in [6.45, 7) is 6.30. The zero-order valence-electron chi connectivity index (χ0n) is 8.64. The van der Waals surface area contributed by atoms with Gasteiger partial charge in [0, 0.05) is 13.8 Å². The average Bonchev–Trinajstić information content (AvgIpc) is 2.16. The van der Waals surface area contributed by atoms with Crippen LogP contribution in [0.5, 0.6) is 0 Å². The molecule has 1 aliphatic rings. The molecule has 0 saturated heterocycles. The minimum atomic E-state index is -1.11. The van der Waals surface area contributed by atoms with Gasteiger partial charge in [-0.3, -0.25) is 4.79 Å². The highest BCUT2D eigenvalue weighted by Gasteiger charge is 2.57. The van der Waals surface area contributed by atoms with E-state index in [9.17, 15) is 14.9 Å². The van der Waals surface area contributed by atoms with Crippen LogP contribution in [0.4, 0.5) is 0 Å². The number of nitroso groups, excluding NO2 is 1. The zero-order valence-corrected chi connectivity index (χ0v) is 8.64. The van der Waals surface area contributed by atoms with Crippen molar-refractivity contribution in [2.75, 3.05) is 0 Å². The SMILES string of the molecule is CC1(C)C(C=O)=[N+]([O-])C(C)(C)N1N=O. The molecular weight excluding hydrogens is 186 g/mol. The minimum absolute atomic E-state index is 0.0158. The molecule has 0 aliphatic carbocycles. The molecule has 1 rings (SSSR count). The number of hydrogen-bond donors (Lipinski definition) is 0. The van der Waals surface area contributed by atoms with E-state index >= 15 is 0 Å². The van der Waals surface area contributed by atoms with Crippen molar-refractivity contribution in [2.24, 2.45) is 5.29 Å². The van der Waals surface area contributed by atoms with E-state index in [1.54, 1.807) is 27.7 Å². The summed E-state index contributed by atoms with van der Waals surface area (Å²) in [5.74, 6) is 0. The first-order valence-electron chi connectivity index (χ1n) is 4.23. The van der Waals surface area contributed by atoms with Crippen LogP contribution in [-0.4, -0.2) is 32.9 Å². The molecule has 0 fully saturated rings. The van der Waals surface area contributed by atoms with Gasteiger partial charge in [-0.2, -0.15) is 9.75 Å². The second-order valence-corrected chi connectivity index (χ2v) is 4.24. The molecule has 0 radical (unpaired) electrons. The molecule has 0 N–H and O–H groups in total. The van der Waals surface area contributed by atoms with Gasteiger partial charge in [0.25, 0.3) is 11.4 Å². The Morgan fingerprint density at radius 1 is 1.43 bits per heavy atom. The summed E-state index contributed by atoms with van der Waals surface area (Å²) in [6, 6.07) is 0. The molecule has 0 amide bonds. The molecule has 0 aromatic carbocycles. The Hall–Kier alpha value is -1.46. The number of carbonyl (C=O) groups excluding carboxylic acids is 1. The first kappa shape index (κ1) is 10.6. The van der Waals surface area contributed by atoms with Crippen LogP contribution in [-0.2, 0) is 4.79 Å². The van der Waals surface area contributed by atoms with Gasteiger partial charge in [0.15, 0.2) is 5.54 Å². The molecular formula is C8H13N3O3. The largest absolute Gasteiger partial charge is 0.622 e. The molecule has 0 atom stereocenters. The fourth-order valence-corrected chi connectivity index (χ4v) is 1.82. The number of hydrogen-bond acceptors (Lipinski definition) is 4. The van der Waals surface area contributed by atoms with E-state index in [4.69, 9.17) is 0 Å². The summed E-state index contributed by atoms with van der Waals surface area (Å²) in [5.41, 5.74) is -2.04. The lowest BCUT2D eigenvalue weighted by Crippen LogP contribution is -2.50. The lowest BCUT2D eigenvalue weighted by atomic mass is 9.99. The zero-order chi connectivity index (χ0) is 11.1. The lowest BCUT2D eigenvalue weighted by Gasteiger charge is -2.29. The fourth-order valence-electron chi connectivity index (χ4n) is 1.82. The van der Waals surface area contributed by atoms with Gasteiger partial charge in [0.2, 0.25) is 6.29 Å². The Labute approximate surface area is 81.7 Å². The first-order valence-corrected chi connectivity index (χ1v) is 4.23. The molecule has 0 aromatic rings.